The number of halogens is 2. The summed E-state index contributed by atoms with van der Waals surface area (Å²) in [5.74, 6) is 0.884. The van der Waals surface area contributed by atoms with Gasteiger partial charge >= 0.3 is 0 Å². The number of carbonyl (C=O) groups excluding carboxylic acids is 1. The van der Waals surface area contributed by atoms with Gasteiger partial charge in [0, 0.05) is 20.6 Å². The highest BCUT2D eigenvalue weighted by molar-refractivity contribution is 9.11. The molecule has 0 unspecified atom stereocenters. The van der Waals surface area contributed by atoms with Crippen molar-refractivity contribution in [3.8, 4) is 0 Å². The quantitative estimate of drug-likeness (QED) is 0.782. The van der Waals surface area contributed by atoms with Crippen molar-refractivity contribution < 1.29 is 4.79 Å². The molecule has 0 aromatic heterocycles. The standard InChI is InChI=1S/C15H19Br2NO/c1-2-10-3-5-14(6-4-10)18-15(19)11-7-12(16)9-13(17)8-11/h7-10,14H,2-6H2,1H3,(H,18,19). The lowest BCUT2D eigenvalue weighted by atomic mass is 9.84. The molecule has 0 heterocycles. The van der Waals surface area contributed by atoms with Crippen LogP contribution in [0.2, 0.25) is 0 Å². The molecule has 19 heavy (non-hydrogen) atoms. The van der Waals surface area contributed by atoms with Gasteiger partial charge in [-0.05, 0) is 49.8 Å². The lowest BCUT2D eigenvalue weighted by Gasteiger charge is -2.28. The van der Waals surface area contributed by atoms with E-state index in [1.807, 2.05) is 18.2 Å². The van der Waals surface area contributed by atoms with Crippen LogP contribution in [0.4, 0.5) is 0 Å². The van der Waals surface area contributed by atoms with E-state index in [1.54, 1.807) is 0 Å². The van der Waals surface area contributed by atoms with Crippen molar-refractivity contribution in [2.75, 3.05) is 0 Å². The van der Waals surface area contributed by atoms with Crippen LogP contribution in [-0.2, 0) is 0 Å². The molecule has 0 spiro atoms. The van der Waals surface area contributed by atoms with Crippen molar-refractivity contribution >= 4 is 37.8 Å². The van der Waals surface area contributed by atoms with E-state index in [1.165, 1.54) is 19.3 Å². The summed E-state index contributed by atoms with van der Waals surface area (Å²) in [6.07, 6.45) is 5.96. The SMILES string of the molecule is CCC1CCC(NC(=O)c2cc(Br)cc(Br)c2)CC1. The van der Waals surface area contributed by atoms with Crippen molar-refractivity contribution in [3.63, 3.8) is 0 Å². The summed E-state index contributed by atoms with van der Waals surface area (Å²) < 4.78 is 1.84. The Hall–Kier alpha value is -0.350. The largest absolute Gasteiger partial charge is 0.349 e. The van der Waals surface area contributed by atoms with E-state index in [9.17, 15) is 4.79 Å². The van der Waals surface area contributed by atoms with Crippen LogP contribution >= 0.6 is 31.9 Å². The lowest BCUT2D eigenvalue weighted by molar-refractivity contribution is 0.0921. The maximum absolute atomic E-state index is 12.2. The van der Waals surface area contributed by atoms with Gasteiger partial charge in [-0.3, -0.25) is 4.79 Å². The second-order valence-electron chi connectivity index (χ2n) is 5.26. The van der Waals surface area contributed by atoms with E-state index in [0.717, 1.165) is 27.7 Å². The van der Waals surface area contributed by atoms with Crippen molar-refractivity contribution in [1.29, 1.82) is 0 Å². The molecule has 0 saturated heterocycles. The first-order valence-electron chi connectivity index (χ1n) is 6.85. The Balaban J connectivity index is 1.94. The number of nitrogens with one attached hydrogen (secondary N) is 1. The average molecular weight is 389 g/mol. The van der Waals surface area contributed by atoms with E-state index >= 15 is 0 Å². The molecule has 1 amide bonds. The molecule has 104 valence electrons. The first kappa shape index (κ1) is 15.0. The van der Waals surface area contributed by atoms with Gasteiger partial charge in [0.05, 0.1) is 0 Å². The molecule has 0 aliphatic heterocycles. The summed E-state index contributed by atoms with van der Waals surface area (Å²) in [7, 11) is 0. The van der Waals surface area contributed by atoms with E-state index in [-0.39, 0.29) is 5.91 Å². The maximum Gasteiger partial charge on any atom is 0.251 e. The first-order chi connectivity index (χ1) is 9.08. The molecule has 2 rings (SSSR count). The smallest absolute Gasteiger partial charge is 0.251 e. The lowest BCUT2D eigenvalue weighted by Crippen LogP contribution is -2.37. The zero-order valence-corrected chi connectivity index (χ0v) is 14.3. The van der Waals surface area contributed by atoms with Gasteiger partial charge in [0.25, 0.3) is 5.91 Å². The van der Waals surface area contributed by atoms with Crippen LogP contribution in [0.3, 0.4) is 0 Å². The van der Waals surface area contributed by atoms with Gasteiger partial charge in [0.1, 0.15) is 0 Å². The van der Waals surface area contributed by atoms with E-state index in [2.05, 4.69) is 44.1 Å². The van der Waals surface area contributed by atoms with Gasteiger partial charge in [-0.2, -0.15) is 0 Å². The number of hydrogen-bond acceptors (Lipinski definition) is 1. The third-order valence-electron chi connectivity index (χ3n) is 3.88. The normalized spacial score (nSPS) is 23.1. The first-order valence-corrected chi connectivity index (χ1v) is 8.44. The second-order valence-corrected chi connectivity index (χ2v) is 7.09. The average Bonchev–Trinajstić information content (AvgIpc) is 2.38. The molecular formula is C15H19Br2NO. The zero-order valence-electron chi connectivity index (χ0n) is 11.1. The Morgan fingerprint density at radius 1 is 1.16 bits per heavy atom. The summed E-state index contributed by atoms with van der Waals surface area (Å²) in [4.78, 5) is 12.2. The predicted molar refractivity (Wildman–Crippen MR) is 85.3 cm³/mol. The summed E-state index contributed by atoms with van der Waals surface area (Å²) in [6.45, 7) is 2.25. The van der Waals surface area contributed by atoms with Crippen LogP contribution in [0.1, 0.15) is 49.4 Å². The minimum Gasteiger partial charge on any atom is -0.349 e. The molecule has 1 aliphatic rings. The molecule has 1 aromatic rings. The molecule has 1 aliphatic carbocycles. The van der Waals surface area contributed by atoms with Crippen molar-refractivity contribution in [2.24, 2.45) is 5.92 Å². The summed E-state index contributed by atoms with van der Waals surface area (Å²) in [5.41, 5.74) is 0.707. The van der Waals surface area contributed by atoms with Crippen LogP contribution in [-0.4, -0.2) is 11.9 Å². The van der Waals surface area contributed by atoms with E-state index < -0.39 is 0 Å². The number of hydrogen-bond donors (Lipinski definition) is 1. The van der Waals surface area contributed by atoms with Crippen LogP contribution in [0, 0.1) is 5.92 Å². The fourth-order valence-electron chi connectivity index (χ4n) is 2.67. The Labute approximate surface area is 131 Å². The van der Waals surface area contributed by atoms with Crippen molar-refractivity contribution in [2.45, 2.75) is 45.1 Å². The molecular weight excluding hydrogens is 370 g/mol. The highest BCUT2D eigenvalue weighted by Gasteiger charge is 2.21. The third-order valence-corrected chi connectivity index (χ3v) is 4.80. The van der Waals surface area contributed by atoms with Crippen LogP contribution < -0.4 is 5.32 Å². The van der Waals surface area contributed by atoms with Gasteiger partial charge < -0.3 is 5.32 Å². The molecule has 1 aromatic carbocycles. The van der Waals surface area contributed by atoms with Crippen LogP contribution in [0.15, 0.2) is 27.1 Å². The maximum atomic E-state index is 12.2. The Morgan fingerprint density at radius 3 is 2.26 bits per heavy atom. The van der Waals surface area contributed by atoms with Crippen LogP contribution in [0.5, 0.6) is 0 Å². The van der Waals surface area contributed by atoms with Crippen molar-refractivity contribution in [1.82, 2.24) is 5.32 Å². The molecule has 4 heteroatoms. The molecule has 0 bridgehead atoms. The van der Waals surface area contributed by atoms with Gasteiger partial charge in [-0.25, -0.2) is 0 Å². The number of amides is 1. The minimum absolute atomic E-state index is 0.0296. The third kappa shape index (κ3) is 4.32. The van der Waals surface area contributed by atoms with Gasteiger partial charge in [-0.15, -0.1) is 0 Å². The number of benzene rings is 1. The Bertz CT molecular complexity index is 433. The number of carbonyl (C=O) groups is 1. The predicted octanol–water partition coefficient (Wildman–Crippen LogP) is 4.91. The van der Waals surface area contributed by atoms with Crippen molar-refractivity contribution in [3.05, 3.63) is 32.7 Å². The highest BCUT2D eigenvalue weighted by Crippen LogP contribution is 2.27. The number of rotatable bonds is 3. The molecule has 2 nitrogen and oxygen atoms in total. The van der Waals surface area contributed by atoms with Crippen LogP contribution in [0.25, 0.3) is 0 Å². The minimum atomic E-state index is 0.0296. The zero-order chi connectivity index (χ0) is 13.8. The highest BCUT2D eigenvalue weighted by atomic mass is 79.9. The fraction of sp³-hybridized carbons (Fsp3) is 0.533. The Kier molecular flexibility index (Phi) is 5.46. The summed E-state index contributed by atoms with van der Waals surface area (Å²) in [6, 6.07) is 5.99. The molecule has 1 fully saturated rings. The Morgan fingerprint density at radius 2 is 1.74 bits per heavy atom. The van der Waals surface area contributed by atoms with Gasteiger partial charge in [0.2, 0.25) is 0 Å². The molecule has 1 N–H and O–H groups in total. The van der Waals surface area contributed by atoms with Gasteiger partial charge in [-0.1, -0.05) is 45.2 Å². The summed E-state index contributed by atoms with van der Waals surface area (Å²) >= 11 is 6.83. The molecule has 0 radical (unpaired) electrons. The molecule has 0 atom stereocenters. The van der Waals surface area contributed by atoms with Gasteiger partial charge in [0.15, 0.2) is 0 Å². The molecule has 1 saturated carbocycles. The van der Waals surface area contributed by atoms with E-state index in [4.69, 9.17) is 0 Å². The monoisotopic (exact) mass is 387 g/mol. The van der Waals surface area contributed by atoms with E-state index in [0.29, 0.717) is 11.6 Å². The second kappa shape index (κ2) is 6.89. The fourth-order valence-corrected chi connectivity index (χ4v) is 3.96. The topological polar surface area (TPSA) is 29.1 Å². The summed E-state index contributed by atoms with van der Waals surface area (Å²) in [5, 5.41) is 3.15.